The van der Waals surface area contributed by atoms with E-state index in [1.165, 1.54) is 0 Å². The summed E-state index contributed by atoms with van der Waals surface area (Å²) in [5.74, 6) is 0. The molecule has 0 saturated carbocycles. The number of phosphoric acid groups is 1. The van der Waals surface area contributed by atoms with Crippen molar-refractivity contribution >= 4 is 7.82 Å². The quantitative estimate of drug-likeness (QED) is 0.416. The lowest BCUT2D eigenvalue weighted by Gasteiger charge is -2.10. The fourth-order valence-corrected chi connectivity index (χ4v) is 2.01. The zero-order valence-electron chi connectivity index (χ0n) is 10.4. The van der Waals surface area contributed by atoms with E-state index in [0.717, 1.165) is 0 Å². The van der Waals surface area contributed by atoms with Gasteiger partial charge in [-0.05, 0) is 6.42 Å². The first-order valence-electron chi connectivity index (χ1n) is 5.69. The summed E-state index contributed by atoms with van der Waals surface area (Å²) < 4.78 is 27.7. The molecule has 102 valence electrons. The van der Waals surface area contributed by atoms with Gasteiger partial charge in [0.2, 0.25) is 0 Å². The fourth-order valence-electron chi connectivity index (χ4n) is 1.27. The topological polar surface area (TPSA) is 68.9 Å². The predicted molar refractivity (Wildman–Crippen MR) is 64.9 cm³/mol. The normalized spacial score (nSPS) is 14.3. The molecule has 1 aromatic heterocycles. The van der Waals surface area contributed by atoms with Crippen molar-refractivity contribution < 1.29 is 27.8 Å². The van der Waals surface area contributed by atoms with Crippen molar-refractivity contribution in [2.24, 2.45) is 0 Å². The van der Waals surface area contributed by atoms with Crippen LogP contribution in [0, 0.1) is 0 Å². The number of nitrogens with zero attached hydrogens (tertiary/aromatic N) is 1. The molecule has 1 unspecified atom stereocenters. The van der Waals surface area contributed by atoms with E-state index >= 15 is 0 Å². The standard InChI is InChI=1S/C11H18NO5P/c1-15-9-5-10-16-18(13,14)17-11-8-12-6-3-2-4-7-12/h2-4,6-7H,5,8-11H2,1H3/p+1. The molecule has 0 fully saturated rings. The highest BCUT2D eigenvalue weighted by atomic mass is 31.2. The molecule has 0 saturated heterocycles. The Kier molecular flexibility index (Phi) is 7.08. The minimum atomic E-state index is -3.94. The SMILES string of the molecule is COCCCOP(=O)(O)OCC[n+]1ccccc1. The van der Waals surface area contributed by atoms with Crippen LogP contribution in [0.3, 0.4) is 0 Å². The van der Waals surface area contributed by atoms with Gasteiger partial charge >= 0.3 is 7.82 Å². The number of hydrogen-bond acceptors (Lipinski definition) is 4. The molecule has 18 heavy (non-hydrogen) atoms. The molecule has 0 spiro atoms. The summed E-state index contributed by atoms with van der Waals surface area (Å²) in [5, 5.41) is 0. The highest BCUT2D eigenvalue weighted by Gasteiger charge is 2.21. The van der Waals surface area contributed by atoms with Gasteiger partial charge in [0.25, 0.3) is 0 Å². The molecule has 0 aliphatic rings. The van der Waals surface area contributed by atoms with E-state index in [0.29, 0.717) is 19.6 Å². The minimum Gasteiger partial charge on any atom is -0.385 e. The van der Waals surface area contributed by atoms with Crippen LogP contribution in [-0.4, -0.2) is 31.8 Å². The lowest BCUT2D eigenvalue weighted by molar-refractivity contribution is -0.697. The fraction of sp³-hybridized carbons (Fsp3) is 0.545. The lowest BCUT2D eigenvalue weighted by Crippen LogP contribution is -2.34. The number of aromatic nitrogens is 1. The average Bonchev–Trinajstić information content (AvgIpc) is 2.36. The Morgan fingerprint density at radius 2 is 1.78 bits per heavy atom. The Balaban J connectivity index is 2.19. The summed E-state index contributed by atoms with van der Waals surface area (Å²) in [6, 6.07) is 5.65. The molecule has 6 nitrogen and oxygen atoms in total. The Bertz CT molecular complexity index is 373. The Hall–Kier alpha value is -0.780. The summed E-state index contributed by atoms with van der Waals surface area (Å²) in [4.78, 5) is 9.35. The van der Waals surface area contributed by atoms with Crippen LogP contribution in [0.5, 0.6) is 0 Å². The Labute approximate surface area is 107 Å². The smallest absolute Gasteiger partial charge is 0.385 e. The van der Waals surface area contributed by atoms with E-state index < -0.39 is 7.82 Å². The first-order valence-corrected chi connectivity index (χ1v) is 7.18. The lowest BCUT2D eigenvalue weighted by atomic mass is 10.5. The molecule has 0 aromatic carbocycles. The van der Waals surface area contributed by atoms with Crippen LogP contribution in [0.2, 0.25) is 0 Å². The summed E-state index contributed by atoms with van der Waals surface area (Å²) in [6.45, 7) is 1.24. The maximum absolute atomic E-state index is 11.4. The monoisotopic (exact) mass is 276 g/mol. The molecule has 1 aromatic rings. The van der Waals surface area contributed by atoms with E-state index in [-0.39, 0.29) is 13.2 Å². The number of ether oxygens (including phenoxy) is 1. The van der Waals surface area contributed by atoms with Crippen LogP contribution < -0.4 is 4.57 Å². The van der Waals surface area contributed by atoms with Gasteiger partial charge in [0.1, 0.15) is 6.61 Å². The third-order valence-corrected chi connectivity index (χ3v) is 3.15. The molecule has 1 N–H and O–H groups in total. The van der Waals surface area contributed by atoms with Crippen molar-refractivity contribution in [1.29, 1.82) is 0 Å². The van der Waals surface area contributed by atoms with Crippen LogP contribution in [-0.2, 0) is 24.9 Å². The van der Waals surface area contributed by atoms with Crippen LogP contribution >= 0.6 is 7.82 Å². The highest BCUT2D eigenvalue weighted by molar-refractivity contribution is 7.47. The molecule has 1 rings (SSSR count). The van der Waals surface area contributed by atoms with Crippen LogP contribution in [0.4, 0.5) is 0 Å². The maximum Gasteiger partial charge on any atom is 0.472 e. The van der Waals surface area contributed by atoms with Crippen molar-refractivity contribution in [2.75, 3.05) is 26.9 Å². The largest absolute Gasteiger partial charge is 0.472 e. The second-order valence-corrected chi connectivity index (χ2v) is 5.05. The molecule has 0 amide bonds. The summed E-state index contributed by atoms with van der Waals surface area (Å²) >= 11 is 0. The second-order valence-electron chi connectivity index (χ2n) is 3.59. The number of phosphoric ester groups is 1. The third-order valence-electron chi connectivity index (χ3n) is 2.13. The Morgan fingerprint density at radius 1 is 1.11 bits per heavy atom. The number of methoxy groups -OCH3 is 1. The molecule has 7 heteroatoms. The van der Waals surface area contributed by atoms with Crippen LogP contribution in [0.15, 0.2) is 30.6 Å². The zero-order chi connectivity index (χ0) is 13.3. The first-order chi connectivity index (χ1) is 8.64. The van der Waals surface area contributed by atoms with E-state index in [4.69, 9.17) is 13.8 Å². The number of hydrogen-bond donors (Lipinski definition) is 1. The van der Waals surface area contributed by atoms with Crippen molar-refractivity contribution in [3.05, 3.63) is 30.6 Å². The molecule has 0 aliphatic carbocycles. The summed E-state index contributed by atoms with van der Waals surface area (Å²) in [7, 11) is -2.38. The molecule has 1 atom stereocenters. The van der Waals surface area contributed by atoms with Gasteiger partial charge < -0.3 is 9.63 Å². The number of rotatable bonds is 9. The van der Waals surface area contributed by atoms with Crippen LogP contribution in [0.25, 0.3) is 0 Å². The van der Waals surface area contributed by atoms with Gasteiger partial charge in [-0.3, -0.25) is 9.05 Å². The van der Waals surface area contributed by atoms with Crippen molar-refractivity contribution in [1.82, 2.24) is 0 Å². The van der Waals surface area contributed by atoms with E-state index in [2.05, 4.69) is 0 Å². The van der Waals surface area contributed by atoms with E-state index in [1.807, 2.05) is 35.2 Å². The average molecular weight is 276 g/mol. The molecular weight excluding hydrogens is 257 g/mol. The molecule has 1 heterocycles. The summed E-state index contributed by atoms with van der Waals surface area (Å²) in [6.07, 6.45) is 4.26. The van der Waals surface area contributed by atoms with Gasteiger partial charge in [0.15, 0.2) is 18.9 Å². The third kappa shape index (κ3) is 6.83. The van der Waals surface area contributed by atoms with E-state index in [9.17, 15) is 9.46 Å². The van der Waals surface area contributed by atoms with Crippen LogP contribution in [0.1, 0.15) is 6.42 Å². The van der Waals surface area contributed by atoms with Gasteiger partial charge in [-0.25, -0.2) is 9.13 Å². The molecule has 0 aliphatic heterocycles. The number of pyridine rings is 1. The predicted octanol–water partition coefficient (Wildman–Crippen LogP) is 1.14. The van der Waals surface area contributed by atoms with Gasteiger partial charge in [-0.15, -0.1) is 0 Å². The van der Waals surface area contributed by atoms with Crippen molar-refractivity contribution in [2.45, 2.75) is 13.0 Å². The van der Waals surface area contributed by atoms with Gasteiger partial charge in [-0.2, -0.15) is 0 Å². The molecule has 0 radical (unpaired) electrons. The maximum atomic E-state index is 11.4. The Morgan fingerprint density at radius 3 is 2.44 bits per heavy atom. The molecule has 0 bridgehead atoms. The first kappa shape index (κ1) is 15.3. The van der Waals surface area contributed by atoms with Gasteiger partial charge in [0.05, 0.1) is 6.61 Å². The van der Waals surface area contributed by atoms with E-state index in [1.54, 1.807) is 7.11 Å². The van der Waals surface area contributed by atoms with Crippen molar-refractivity contribution in [3.63, 3.8) is 0 Å². The summed E-state index contributed by atoms with van der Waals surface area (Å²) in [5.41, 5.74) is 0. The minimum absolute atomic E-state index is 0.118. The highest BCUT2D eigenvalue weighted by Crippen LogP contribution is 2.42. The second kappa shape index (κ2) is 8.34. The van der Waals surface area contributed by atoms with Crippen molar-refractivity contribution in [3.8, 4) is 0 Å². The van der Waals surface area contributed by atoms with Gasteiger partial charge in [0, 0.05) is 25.8 Å². The van der Waals surface area contributed by atoms with Gasteiger partial charge in [-0.1, -0.05) is 6.07 Å². The zero-order valence-corrected chi connectivity index (χ0v) is 11.3. The molecular formula is C11H19NO5P+.